The van der Waals surface area contributed by atoms with Crippen molar-refractivity contribution in [3.63, 3.8) is 0 Å². The molecule has 0 atom stereocenters. The van der Waals surface area contributed by atoms with E-state index in [2.05, 4.69) is 171 Å². The summed E-state index contributed by atoms with van der Waals surface area (Å²) in [6, 6.07) is 49.7. The van der Waals surface area contributed by atoms with Crippen molar-refractivity contribution in [2.75, 3.05) is 0 Å². The maximum atomic E-state index is 6.16. The first-order chi connectivity index (χ1) is 26.5. The molecule has 2 heteroatoms. The van der Waals surface area contributed by atoms with Crippen molar-refractivity contribution in [2.24, 2.45) is 0 Å². The van der Waals surface area contributed by atoms with Crippen LogP contribution in [0.4, 0.5) is 0 Å². The van der Waals surface area contributed by atoms with Crippen molar-refractivity contribution in [3.8, 4) is 33.4 Å². The molecule has 0 saturated heterocycles. The Morgan fingerprint density at radius 3 is 2.11 bits per heavy atom. The molecule has 0 unspecified atom stereocenters. The summed E-state index contributed by atoms with van der Waals surface area (Å²) in [5.74, 6) is 0.835. The van der Waals surface area contributed by atoms with E-state index in [0.29, 0.717) is 0 Å². The molecular weight excluding hydrogens is 657 g/mol. The first-order valence-electron chi connectivity index (χ1n) is 18.6. The normalized spacial score (nSPS) is 16.4. The molecule has 0 fully saturated rings. The summed E-state index contributed by atoms with van der Waals surface area (Å²) in [7, 11) is 0. The van der Waals surface area contributed by atoms with Gasteiger partial charge in [-0.3, -0.25) is 0 Å². The number of furan rings is 1. The van der Waals surface area contributed by atoms with Gasteiger partial charge in [0.1, 0.15) is 16.9 Å². The molecule has 1 aromatic heterocycles. The Morgan fingerprint density at radius 1 is 0.574 bits per heavy atom. The van der Waals surface area contributed by atoms with Gasteiger partial charge in [0.15, 0.2) is 0 Å². The first-order valence-corrected chi connectivity index (χ1v) is 18.6. The Balaban J connectivity index is 1.14. The summed E-state index contributed by atoms with van der Waals surface area (Å²) in [6.45, 7) is 8.56. The van der Waals surface area contributed by atoms with Crippen molar-refractivity contribution >= 4 is 33.6 Å². The highest BCUT2D eigenvalue weighted by Crippen LogP contribution is 2.35. The molecule has 7 aromatic rings. The fraction of sp³-hybridized carbons (Fsp3) is 0.0769. The molecule has 0 aliphatic carbocycles. The Morgan fingerprint density at radius 2 is 1.26 bits per heavy atom. The topological polar surface area (TPSA) is 22.4 Å². The standard InChI is InChI=1S/C52H42O2/c1-4-5-22-48-36(2)29-45(27-28-53-37(48)3)47-32-39(31-46(34-47)44-25-26-52-50(35-44)49-23-9-10-24-51(49)54-52)16-11-14-38-15-12-19-41(30-38)43-21-13-20-42(33-43)40-17-7-6-8-18-40/h5-13,15-35H,2,4,14H2,1,3H3/b16-11-,22-5-,28-27-,45-29+,48-37-. The lowest BCUT2D eigenvalue weighted by molar-refractivity contribution is 0.350. The largest absolute Gasteiger partial charge is 0.469 e. The molecular formula is C52H42O2. The van der Waals surface area contributed by atoms with E-state index >= 15 is 0 Å². The van der Waals surface area contributed by atoms with Gasteiger partial charge in [0.2, 0.25) is 0 Å². The number of allylic oxidation sites excluding steroid dienone is 9. The zero-order chi connectivity index (χ0) is 36.9. The average Bonchev–Trinajstić information content (AvgIpc) is 3.58. The van der Waals surface area contributed by atoms with Crippen molar-refractivity contribution < 1.29 is 9.15 Å². The minimum absolute atomic E-state index is 0.809. The number of para-hydroxylation sites is 1. The molecule has 1 aliphatic heterocycles. The summed E-state index contributed by atoms with van der Waals surface area (Å²) in [5, 5.41) is 2.23. The van der Waals surface area contributed by atoms with Crippen LogP contribution in [0.1, 0.15) is 37.0 Å². The maximum absolute atomic E-state index is 6.16. The average molecular weight is 699 g/mol. The molecule has 0 radical (unpaired) electrons. The van der Waals surface area contributed by atoms with E-state index in [1.54, 1.807) is 6.26 Å². The van der Waals surface area contributed by atoms with Crippen LogP contribution in [0, 0.1) is 0 Å². The van der Waals surface area contributed by atoms with Crippen LogP contribution < -0.4 is 0 Å². The second-order valence-corrected chi connectivity index (χ2v) is 13.7. The highest BCUT2D eigenvalue weighted by molar-refractivity contribution is 6.06. The molecule has 2 nitrogen and oxygen atoms in total. The van der Waals surface area contributed by atoms with Gasteiger partial charge >= 0.3 is 0 Å². The van der Waals surface area contributed by atoms with Gasteiger partial charge < -0.3 is 9.15 Å². The third-order valence-electron chi connectivity index (χ3n) is 9.96. The van der Waals surface area contributed by atoms with E-state index in [1.807, 2.05) is 25.1 Å². The third kappa shape index (κ3) is 7.46. The molecule has 2 heterocycles. The van der Waals surface area contributed by atoms with E-state index < -0.39 is 0 Å². The molecule has 54 heavy (non-hydrogen) atoms. The van der Waals surface area contributed by atoms with Crippen LogP contribution in [0.3, 0.4) is 0 Å². The van der Waals surface area contributed by atoms with Gasteiger partial charge in [-0.1, -0.05) is 135 Å². The Kier molecular flexibility index (Phi) is 9.91. The van der Waals surface area contributed by atoms with Crippen LogP contribution in [0.2, 0.25) is 0 Å². The summed E-state index contributed by atoms with van der Waals surface area (Å²) in [5.41, 5.74) is 15.3. The van der Waals surface area contributed by atoms with E-state index in [1.165, 1.54) is 27.8 Å². The zero-order valence-corrected chi connectivity index (χ0v) is 30.8. The van der Waals surface area contributed by atoms with Gasteiger partial charge in [0.05, 0.1) is 6.26 Å². The number of ether oxygens (including phenoxy) is 1. The summed E-state index contributed by atoms with van der Waals surface area (Å²) >= 11 is 0. The van der Waals surface area contributed by atoms with Crippen LogP contribution >= 0.6 is 0 Å². The Bertz CT molecular complexity index is 2660. The van der Waals surface area contributed by atoms with Crippen molar-refractivity contribution in [1.29, 1.82) is 0 Å². The van der Waals surface area contributed by atoms with Crippen LogP contribution in [-0.4, -0.2) is 0 Å². The van der Waals surface area contributed by atoms with Crippen LogP contribution in [0.5, 0.6) is 0 Å². The summed E-state index contributed by atoms with van der Waals surface area (Å²) in [6.07, 6.45) is 16.5. The number of hydrogen-bond acceptors (Lipinski definition) is 2. The zero-order valence-electron chi connectivity index (χ0n) is 30.8. The molecule has 6 aromatic carbocycles. The fourth-order valence-corrected chi connectivity index (χ4v) is 7.16. The smallest absolute Gasteiger partial charge is 0.135 e. The molecule has 0 spiro atoms. The molecule has 1 aliphatic rings. The third-order valence-corrected chi connectivity index (χ3v) is 9.96. The van der Waals surface area contributed by atoms with Crippen molar-refractivity contribution in [2.45, 2.75) is 26.7 Å². The second-order valence-electron chi connectivity index (χ2n) is 13.7. The van der Waals surface area contributed by atoms with E-state index in [4.69, 9.17) is 9.15 Å². The van der Waals surface area contributed by atoms with Crippen LogP contribution in [0.25, 0.3) is 67.0 Å². The molecule has 0 saturated carbocycles. The molecule has 0 bridgehead atoms. The molecule has 0 N–H and O–H groups in total. The number of rotatable bonds is 9. The van der Waals surface area contributed by atoms with Crippen LogP contribution in [-0.2, 0) is 11.2 Å². The number of fused-ring (bicyclic) bond motifs is 3. The highest BCUT2D eigenvalue weighted by atomic mass is 16.5. The van der Waals surface area contributed by atoms with Gasteiger partial charge in [-0.05, 0) is 136 Å². The minimum atomic E-state index is 0.809. The lowest BCUT2D eigenvalue weighted by atomic mass is 9.92. The fourth-order valence-electron chi connectivity index (χ4n) is 7.16. The predicted molar refractivity (Wildman–Crippen MR) is 229 cm³/mol. The van der Waals surface area contributed by atoms with Crippen molar-refractivity contribution in [3.05, 3.63) is 216 Å². The minimum Gasteiger partial charge on any atom is -0.469 e. The Hall–Kier alpha value is -6.64. The summed E-state index contributed by atoms with van der Waals surface area (Å²) < 4.78 is 12.2. The monoisotopic (exact) mass is 698 g/mol. The molecule has 262 valence electrons. The first kappa shape index (κ1) is 34.4. The van der Waals surface area contributed by atoms with Gasteiger partial charge in [0, 0.05) is 16.3 Å². The summed E-state index contributed by atoms with van der Waals surface area (Å²) in [4.78, 5) is 0. The van der Waals surface area contributed by atoms with E-state index in [-0.39, 0.29) is 0 Å². The predicted octanol–water partition coefficient (Wildman–Crippen LogP) is 14.6. The van der Waals surface area contributed by atoms with Gasteiger partial charge in [-0.15, -0.1) is 0 Å². The van der Waals surface area contributed by atoms with Gasteiger partial charge in [0.25, 0.3) is 0 Å². The second kappa shape index (κ2) is 15.5. The number of hydrogen-bond donors (Lipinski definition) is 0. The Labute approximate surface area is 318 Å². The SMILES string of the molecule is C=C1/C=C(c2cc(/C=C\Cc3cccc(-c4cccc(-c5ccccc5)c4)c3)cc(-c3ccc4oc5ccccc5c4c3)c2)\C=C/O/C(C)=C1/C=C\CC. The lowest BCUT2D eigenvalue weighted by Crippen LogP contribution is -1.95. The van der Waals surface area contributed by atoms with E-state index in [9.17, 15) is 0 Å². The maximum Gasteiger partial charge on any atom is 0.135 e. The van der Waals surface area contributed by atoms with Crippen LogP contribution in [0.15, 0.2) is 204 Å². The van der Waals surface area contributed by atoms with Crippen molar-refractivity contribution in [1.82, 2.24) is 0 Å². The molecule has 0 amide bonds. The quantitative estimate of drug-likeness (QED) is 0.150. The highest BCUT2D eigenvalue weighted by Gasteiger charge is 2.13. The van der Waals surface area contributed by atoms with Gasteiger partial charge in [-0.25, -0.2) is 0 Å². The molecule has 8 rings (SSSR count). The number of benzene rings is 6. The lowest BCUT2D eigenvalue weighted by Gasteiger charge is -2.15. The van der Waals surface area contributed by atoms with E-state index in [0.717, 1.165) is 79.5 Å². The van der Waals surface area contributed by atoms with Gasteiger partial charge in [-0.2, -0.15) is 0 Å².